The van der Waals surface area contributed by atoms with Crippen molar-refractivity contribution < 1.29 is 0 Å². The lowest BCUT2D eigenvalue weighted by molar-refractivity contribution is 0.689. The summed E-state index contributed by atoms with van der Waals surface area (Å²) in [7, 11) is 0. The molecule has 0 aliphatic carbocycles. The largest absolute Gasteiger partial charge is 0.368 e. The second-order valence-electron chi connectivity index (χ2n) is 4.04. The van der Waals surface area contributed by atoms with E-state index in [0.717, 1.165) is 18.7 Å². The Balaban J connectivity index is 1.83. The van der Waals surface area contributed by atoms with Gasteiger partial charge in [-0.05, 0) is 12.5 Å². The third-order valence-electron chi connectivity index (χ3n) is 2.50. The van der Waals surface area contributed by atoms with Crippen LogP contribution in [0.2, 0.25) is 0 Å². The number of nitrogen functional groups attached to an aromatic ring is 1. The minimum atomic E-state index is 0.312. The summed E-state index contributed by atoms with van der Waals surface area (Å²) in [6.45, 7) is 3.67. The van der Waals surface area contributed by atoms with E-state index >= 15 is 0 Å². The molecule has 17 heavy (non-hydrogen) atoms. The monoisotopic (exact) mass is 228 g/mol. The maximum absolute atomic E-state index is 5.42. The molecule has 0 fully saturated rings. The molecule has 1 heterocycles. The van der Waals surface area contributed by atoms with Crippen LogP contribution >= 0.6 is 0 Å². The fourth-order valence-corrected chi connectivity index (χ4v) is 1.51. The van der Waals surface area contributed by atoms with E-state index in [9.17, 15) is 0 Å². The number of nitrogens with zero attached hydrogens (tertiary/aromatic N) is 2. The van der Waals surface area contributed by atoms with Crippen LogP contribution in [-0.2, 0) is 13.1 Å². The van der Waals surface area contributed by atoms with Crippen LogP contribution in [0, 0.1) is 6.92 Å². The molecule has 1 aromatic carbocycles. The maximum Gasteiger partial charge on any atom is 0.219 e. The number of rotatable bonds is 4. The first-order chi connectivity index (χ1) is 8.24. The van der Waals surface area contributed by atoms with Crippen LogP contribution in [0.4, 0.5) is 5.95 Å². The fraction of sp³-hybridized carbons (Fsp3) is 0.231. The van der Waals surface area contributed by atoms with Crippen LogP contribution in [0.1, 0.15) is 16.7 Å². The van der Waals surface area contributed by atoms with Crippen molar-refractivity contribution in [3.63, 3.8) is 0 Å². The zero-order chi connectivity index (χ0) is 12.1. The van der Waals surface area contributed by atoms with E-state index in [1.807, 2.05) is 0 Å². The van der Waals surface area contributed by atoms with Crippen molar-refractivity contribution in [2.45, 2.75) is 20.0 Å². The van der Waals surface area contributed by atoms with Gasteiger partial charge in [0.1, 0.15) is 0 Å². The molecule has 1 aromatic heterocycles. The van der Waals surface area contributed by atoms with Gasteiger partial charge in [0, 0.05) is 31.0 Å². The van der Waals surface area contributed by atoms with E-state index in [1.165, 1.54) is 11.1 Å². The SMILES string of the molecule is Cc1ccc(CNCc2cnc(N)nc2)cc1. The topological polar surface area (TPSA) is 63.8 Å². The summed E-state index contributed by atoms with van der Waals surface area (Å²) in [5.41, 5.74) is 9.00. The quantitative estimate of drug-likeness (QED) is 0.835. The second-order valence-corrected chi connectivity index (χ2v) is 4.04. The molecule has 0 spiro atoms. The molecule has 0 saturated carbocycles. The van der Waals surface area contributed by atoms with Gasteiger partial charge in [-0.25, -0.2) is 9.97 Å². The summed E-state index contributed by atoms with van der Waals surface area (Å²) in [5.74, 6) is 0.312. The number of nitrogens with one attached hydrogen (secondary N) is 1. The Kier molecular flexibility index (Phi) is 3.67. The highest BCUT2D eigenvalue weighted by Gasteiger charge is 1.95. The van der Waals surface area contributed by atoms with Crippen LogP contribution in [-0.4, -0.2) is 9.97 Å². The molecule has 0 bridgehead atoms. The standard InChI is InChI=1S/C13H16N4/c1-10-2-4-11(5-3-10)6-15-7-12-8-16-13(14)17-9-12/h2-5,8-9,15H,6-7H2,1H3,(H2,14,16,17). The third-order valence-corrected chi connectivity index (χ3v) is 2.50. The van der Waals surface area contributed by atoms with Gasteiger partial charge < -0.3 is 11.1 Å². The van der Waals surface area contributed by atoms with Crippen LogP contribution in [0.25, 0.3) is 0 Å². The molecule has 0 saturated heterocycles. The van der Waals surface area contributed by atoms with Gasteiger partial charge in [-0.1, -0.05) is 29.8 Å². The first-order valence-electron chi connectivity index (χ1n) is 5.57. The highest BCUT2D eigenvalue weighted by Crippen LogP contribution is 2.03. The van der Waals surface area contributed by atoms with Gasteiger partial charge in [0.05, 0.1) is 0 Å². The van der Waals surface area contributed by atoms with E-state index in [4.69, 9.17) is 5.73 Å². The van der Waals surface area contributed by atoms with Crippen molar-refractivity contribution in [1.82, 2.24) is 15.3 Å². The van der Waals surface area contributed by atoms with Gasteiger partial charge in [0.25, 0.3) is 0 Å². The van der Waals surface area contributed by atoms with Crippen LogP contribution in [0.15, 0.2) is 36.7 Å². The van der Waals surface area contributed by atoms with Crippen molar-refractivity contribution in [3.8, 4) is 0 Å². The third kappa shape index (κ3) is 3.53. The first kappa shape index (κ1) is 11.5. The molecule has 0 atom stereocenters. The van der Waals surface area contributed by atoms with Crippen LogP contribution in [0.3, 0.4) is 0 Å². The van der Waals surface area contributed by atoms with Gasteiger partial charge in [0.2, 0.25) is 5.95 Å². The Hall–Kier alpha value is -1.94. The summed E-state index contributed by atoms with van der Waals surface area (Å²) in [6, 6.07) is 8.48. The van der Waals surface area contributed by atoms with Crippen molar-refractivity contribution in [2.24, 2.45) is 0 Å². The second kappa shape index (κ2) is 5.41. The first-order valence-corrected chi connectivity index (χ1v) is 5.57. The molecular formula is C13H16N4. The Labute approximate surface area is 101 Å². The molecule has 3 N–H and O–H groups in total. The minimum absolute atomic E-state index is 0.312. The summed E-state index contributed by atoms with van der Waals surface area (Å²) < 4.78 is 0. The zero-order valence-corrected chi connectivity index (χ0v) is 9.85. The fourth-order valence-electron chi connectivity index (χ4n) is 1.51. The highest BCUT2D eigenvalue weighted by atomic mass is 15.0. The average molecular weight is 228 g/mol. The molecule has 2 rings (SSSR count). The summed E-state index contributed by atoms with van der Waals surface area (Å²) in [4.78, 5) is 7.89. The summed E-state index contributed by atoms with van der Waals surface area (Å²) in [5, 5.41) is 3.34. The van der Waals surface area contributed by atoms with Crippen molar-refractivity contribution in [2.75, 3.05) is 5.73 Å². The van der Waals surface area contributed by atoms with Crippen LogP contribution in [0.5, 0.6) is 0 Å². The van der Waals surface area contributed by atoms with E-state index in [0.29, 0.717) is 5.95 Å². The predicted octanol–water partition coefficient (Wildman–Crippen LogP) is 1.66. The number of aromatic nitrogens is 2. The molecule has 88 valence electrons. The molecular weight excluding hydrogens is 212 g/mol. The molecule has 0 radical (unpaired) electrons. The molecule has 0 unspecified atom stereocenters. The number of aryl methyl sites for hydroxylation is 1. The Morgan fingerprint density at radius 2 is 1.59 bits per heavy atom. The Morgan fingerprint density at radius 3 is 2.24 bits per heavy atom. The molecule has 0 aliphatic rings. The van der Waals surface area contributed by atoms with Crippen molar-refractivity contribution in [1.29, 1.82) is 0 Å². The minimum Gasteiger partial charge on any atom is -0.368 e. The number of anilines is 1. The lowest BCUT2D eigenvalue weighted by atomic mass is 10.1. The number of hydrogen-bond donors (Lipinski definition) is 2. The van der Waals surface area contributed by atoms with E-state index in [2.05, 4.69) is 46.5 Å². The van der Waals surface area contributed by atoms with Gasteiger partial charge in [-0.15, -0.1) is 0 Å². The average Bonchev–Trinajstić information content (AvgIpc) is 2.34. The van der Waals surface area contributed by atoms with Gasteiger partial charge >= 0.3 is 0 Å². The lowest BCUT2D eigenvalue weighted by Gasteiger charge is -2.05. The zero-order valence-electron chi connectivity index (χ0n) is 9.85. The maximum atomic E-state index is 5.42. The number of hydrogen-bond acceptors (Lipinski definition) is 4. The van der Waals surface area contributed by atoms with Gasteiger partial charge in [-0.2, -0.15) is 0 Å². The highest BCUT2D eigenvalue weighted by molar-refractivity contribution is 5.21. The smallest absolute Gasteiger partial charge is 0.219 e. The summed E-state index contributed by atoms with van der Waals surface area (Å²) in [6.07, 6.45) is 3.48. The number of benzene rings is 1. The summed E-state index contributed by atoms with van der Waals surface area (Å²) >= 11 is 0. The van der Waals surface area contributed by atoms with Gasteiger partial charge in [-0.3, -0.25) is 0 Å². The number of nitrogens with two attached hydrogens (primary N) is 1. The van der Waals surface area contributed by atoms with E-state index < -0.39 is 0 Å². The Bertz CT molecular complexity index is 416. The van der Waals surface area contributed by atoms with E-state index in [-0.39, 0.29) is 0 Å². The van der Waals surface area contributed by atoms with Crippen molar-refractivity contribution >= 4 is 5.95 Å². The van der Waals surface area contributed by atoms with E-state index in [1.54, 1.807) is 12.4 Å². The Morgan fingerprint density at radius 1 is 1.00 bits per heavy atom. The van der Waals surface area contributed by atoms with Crippen LogP contribution < -0.4 is 11.1 Å². The molecule has 4 heteroatoms. The molecule has 0 amide bonds. The molecule has 0 aliphatic heterocycles. The normalized spacial score (nSPS) is 10.4. The van der Waals surface area contributed by atoms with Gasteiger partial charge in [0.15, 0.2) is 0 Å². The van der Waals surface area contributed by atoms with Crippen molar-refractivity contribution in [3.05, 3.63) is 53.3 Å². The lowest BCUT2D eigenvalue weighted by Crippen LogP contribution is -2.13. The molecule has 2 aromatic rings. The molecule has 4 nitrogen and oxygen atoms in total. The predicted molar refractivity (Wildman–Crippen MR) is 68.2 cm³/mol.